The van der Waals surface area contributed by atoms with Gasteiger partial charge in [0, 0.05) is 22.4 Å². The van der Waals surface area contributed by atoms with Crippen LogP contribution in [0.1, 0.15) is 34.3 Å². The van der Waals surface area contributed by atoms with Crippen molar-refractivity contribution in [1.82, 2.24) is 9.97 Å². The zero-order valence-electron chi connectivity index (χ0n) is 15.8. The number of hydrogen-bond donors (Lipinski definition) is 1. The summed E-state index contributed by atoms with van der Waals surface area (Å²) in [6.07, 6.45) is 0.786. The highest BCUT2D eigenvalue weighted by molar-refractivity contribution is 8.00. The Hall–Kier alpha value is -1.92. The van der Waals surface area contributed by atoms with Crippen LogP contribution in [0.15, 0.2) is 23.2 Å². The first-order chi connectivity index (χ1) is 12.4. The van der Waals surface area contributed by atoms with Crippen LogP contribution in [-0.4, -0.2) is 21.6 Å². The van der Waals surface area contributed by atoms with E-state index in [-0.39, 0.29) is 5.91 Å². The Morgan fingerprint density at radius 1 is 1.15 bits per heavy atom. The van der Waals surface area contributed by atoms with E-state index in [1.165, 1.54) is 27.8 Å². The summed E-state index contributed by atoms with van der Waals surface area (Å²) in [5.41, 5.74) is 4.36. The summed E-state index contributed by atoms with van der Waals surface area (Å²) in [7, 11) is 0. The molecule has 136 valence electrons. The average Bonchev–Trinajstić information content (AvgIpc) is 2.91. The number of anilines is 1. The summed E-state index contributed by atoms with van der Waals surface area (Å²) in [4.78, 5) is 24.1. The van der Waals surface area contributed by atoms with Gasteiger partial charge in [-0.25, -0.2) is 9.97 Å². The molecule has 3 rings (SSSR count). The molecule has 4 nitrogen and oxygen atoms in total. The van der Waals surface area contributed by atoms with Gasteiger partial charge >= 0.3 is 0 Å². The van der Waals surface area contributed by atoms with Crippen LogP contribution in [0.3, 0.4) is 0 Å². The molecular weight excluding hydrogens is 362 g/mol. The summed E-state index contributed by atoms with van der Waals surface area (Å²) in [6.45, 7) is 10.3. The maximum absolute atomic E-state index is 12.5. The van der Waals surface area contributed by atoms with Gasteiger partial charge in [-0.15, -0.1) is 11.3 Å². The quantitative estimate of drug-likeness (QED) is 0.483. The molecule has 1 N–H and O–H groups in total. The predicted molar refractivity (Wildman–Crippen MR) is 112 cm³/mol. The Labute approximate surface area is 162 Å². The van der Waals surface area contributed by atoms with Crippen molar-refractivity contribution in [3.05, 3.63) is 45.6 Å². The normalized spacial score (nSPS) is 11.1. The van der Waals surface area contributed by atoms with Gasteiger partial charge in [0.1, 0.15) is 15.7 Å². The van der Waals surface area contributed by atoms with E-state index in [1.54, 1.807) is 11.3 Å². The number of thiophene rings is 1. The second-order valence-electron chi connectivity index (χ2n) is 6.35. The Kier molecular flexibility index (Phi) is 5.63. The predicted octanol–water partition coefficient (Wildman–Crippen LogP) is 5.22. The number of hydrogen-bond acceptors (Lipinski definition) is 5. The van der Waals surface area contributed by atoms with Crippen molar-refractivity contribution in [2.45, 2.75) is 46.1 Å². The second-order valence-corrected chi connectivity index (χ2v) is 8.51. The van der Waals surface area contributed by atoms with E-state index in [9.17, 15) is 4.79 Å². The Morgan fingerprint density at radius 2 is 1.92 bits per heavy atom. The first-order valence-electron chi connectivity index (χ1n) is 8.66. The van der Waals surface area contributed by atoms with Gasteiger partial charge in [-0.05, 0) is 50.5 Å². The zero-order chi connectivity index (χ0) is 18.8. The Bertz CT molecular complexity index is 979. The van der Waals surface area contributed by atoms with Gasteiger partial charge in [0.15, 0.2) is 0 Å². The van der Waals surface area contributed by atoms with Gasteiger partial charge in [-0.2, -0.15) is 0 Å². The third kappa shape index (κ3) is 3.76. The number of rotatable bonds is 5. The third-order valence-corrected chi connectivity index (χ3v) is 6.65. The number of thioether (sulfide) groups is 1. The molecule has 0 spiro atoms. The molecule has 0 fully saturated rings. The Morgan fingerprint density at radius 3 is 2.65 bits per heavy atom. The number of nitrogens with zero attached hydrogens (tertiary/aromatic N) is 2. The van der Waals surface area contributed by atoms with E-state index in [4.69, 9.17) is 0 Å². The first-order valence-corrected chi connectivity index (χ1v) is 10.5. The highest BCUT2D eigenvalue weighted by Gasteiger charge is 2.16. The lowest BCUT2D eigenvalue weighted by Crippen LogP contribution is -2.15. The lowest BCUT2D eigenvalue weighted by molar-refractivity contribution is -0.113. The van der Waals surface area contributed by atoms with Gasteiger partial charge < -0.3 is 5.32 Å². The van der Waals surface area contributed by atoms with Crippen LogP contribution >= 0.6 is 23.1 Å². The van der Waals surface area contributed by atoms with Crippen LogP contribution in [-0.2, 0) is 11.2 Å². The van der Waals surface area contributed by atoms with Crippen molar-refractivity contribution in [2.24, 2.45) is 0 Å². The van der Waals surface area contributed by atoms with Crippen molar-refractivity contribution in [3.8, 4) is 0 Å². The standard InChI is InChI=1S/C20H23N3OS2/c1-6-16-22-19(18-13(4)14(5)26-20(18)23-16)25-10-17(24)21-15-9-7-8-11(2)12(15)3/h7-9H,6,10H2,1-5H3,(H,21,24). The van der Waals surface area contributed by atoms with Crippen molar-refractivity contribution < 1.29 is 4.79 Å². The molecule has 6 heteroatoms. The minimum Gasteiger partial charge on any atom is -0.325 e. The SMILES string of the molecule is CCc1nc(SCC(=O)Nc2cccc(C)c2C)c2c(C)c(C)sc2n1. The van der Waals surface area contributed by atoms with Gasteiger partial charge in [0.2, 0.25) is 5.91 Å². The molecule has 26 heavy (non-hydrogen) atoms. The summed E-state index contributed by atoms with van der Waals surface area (Å²) in [5, 5.41) is 5.02. The number of aryl methyl sites for hydroxylation is 4. The Balaban J connectivity index is 1.81. The van der Waals surface area contributed by atoms with Crippen LogP contribution in [0, 0.1) is 27.7 Å². The van der Waals surface area contributed by atoms with Crippen molar-refractivity contribution in [3.63, 3.8) is 0 Å². The molecular formula is C20H23N3OS2. The molecule has 0 saturated heterocycles. The molecule has 3 aromatic rings. The molecule has 0 bridgehead atoms. The average molecular weight is 386 g/mol. The van der Waals surface area contributed by atoms with E-state index in [2.05, 4.69) is 36.1 Å². The molecule has 1 aromatic carbocycles. The highest BCUT2D eigenvalue weighted by atomic mass is 32.2. The van der Waals surface area contributed by atoms with Crippen molar-refractivity contribution in [2.75, 3.05) is 11.1 Å². The number of benzene rings is 1. The maximum atomic E-state index is 12.5. The molecule has 0 unspecified atom stereocenters. The van der Waals surface area contributed by atoms with Gasteiger partial charge in [-0.1, -0.05) is 30.8 Å². The molecule has 1 amide bonds. The largest absolute Gasteiger partial charge is 0.325 e. The first kappa shape index (κ1) is 18.9. The number of aromatic nitrogens is 2. The van der Waals surface area contributed by atoms with E-state index in [0.29, 0.717) is 5.75 Å². The number of carbonyl (C=O) groups is 1. The molecule has 0 aliphatic carbocycles. The summed E-state index contributed by atoms with van der Waals surface area (Å²) in [6, 6.07) is 5.95. The smallest absolute Gasteiger partial charge is 0.234 e. The van der Waals surface area contributed by atoms with Crippen LogP contribution in [0.2, 0.25) is 0 Å². The topological polar surface area (TPSA) is 54.9 Å². The van der Waals surface area contributed by atoms with Gasteiger partial charge in [0.05, 0.1) is 5.75 Å². The monoisotopic (exact) mass is 385 g/mol. The minimum atomic E-state index is -0.0156. The third-order valence-electron chi connectivity index (χ3n) is 4.58. The van der Waals surface area contributed by atoms with Crippen LogP contribution < -0.4 is 5.32 Å². The number of fused-ring (bicyclic) bond motifs is 1. The molecule has 0 aliphatic heterocycles. The summed E-state index contributed by atoms with van der Waals surface area (Å²) < 4.78 is 0. The fourth-order valence-corrected chi connectivity index (χ4v) is 4.74. The van der Waals surface area contributed by atoms with E-state index in [0.717, 1.165) is 38.7 Å². The lowest BCUT2D eigenvalue weighted by atomic mass is 10.1. The fourth-order valence-electron chi connectivity index (χ4n) is 2.72. The molecule has 0 saturated carbocycles. The van der Waals surface area contributed by atoms with E-state index >= 15 is 0 Å². The van der Waals surface area contributed by atoms with Crippen LogP contribution in [0.25, 0.3) is 10.2 Å². The van der Waals surface area contributed by atoms with Crippen LogP contribution in [0.5, 0.6) is 0 Å². The molecule has 0 atom stereocenters. The van der Waals surface area contributed by atoms with E-state index < -0.39 is 0 Å². The van der Waals surface area contributed by atoms with Gasteiger partial charge in [-0.3, -0.25) is 4.79 Å². The fraction of sp³-hybridized carbons (Fsp3) is 0.350. The van der Waals surface area contributed by atoms with Gasteiger partial charge in [0.25, 0.3) is 0 Å². The molecule has 2 aromatic heterocycles. The number of carbonyl (C=O) groups excluding carboxylic acids is 1. The van der Waals surface area contributed by atoms with E-state index in [1.807, 2.05) is 32.0 Å². The zero-order valence-corrected chi connectivity index (χ0v) is 17.4. The minimum absolute atomic E-state index is 0.0156. The molecule has 0 aliphatic rings. The highest BCUT2D eigenvalue weighted by Crippen LogP contribution is 2.35. The second kappa shape index (κ2) is 7.76. The molecule has 0 radical (unpaired) electrons. The number of amides is 1. The lowest BCUT2D eigenvalue weighted by Gasteiger charge is -2.10. The summed E-state index contributed by atoms with van der Waals surface area (Å²) in [5.74, 6) is 1.14. The van der Waals surface area contributed by atoms with Crippen molar-refractivity contribution >= 4 is 44.9 Å². The molecule has 2 heterocycles. The van der Waals surface area contributed by atoms with Crippen LogP contribution in [0.4, 0.5) is 5.69 Å². The number of nitrogens with one attached hydrogen (secondary N) is 1. The summed E-state index contributed by atoms with van der Waals surface area (Å²) >= 11 is 3.19. The van der Waals surface area contributed by atoms with Crippen molar-refractivity contribution in [1.29, 1.82) is 0 Å². The maximum Gasteiger partial charge on any atom is 0.234 e.